The number of alkyl carbamates (subject to hydrolysis) is 1. The number of carbonyl (C=O) groups is 3. The molecule has 3 rings (SSSR count). The Kier molecular flexibility index (Phi) is 8.09. The van der Waals surface area contributed by atoms with Crippen LogP contribution in [0.5, 0.6) is 0 Å². The van der Waals surface area contributed by atoms with Gasteiger partial charge in [0.25, 0.3) is 0 Å². The molecule has 7 heteroatoms. The van der Waals surface area contributed by atoms with Gasteiger partial charge in [-0.2, -0.15) is 0 Å². The van der Waals surface area contributed by atoms with Crippen molar-refractivity contribution < 1.29 is 24.2 Å². The second kappa shape index (κ2) is 11.0. The molecule has 0 saturated heterocycles. The summed E-state index contributed by atoms with van der Waals surface area (Å²) in [5.74, 6) is -0.981. The smallest absolute Gasteiger partial charge is 0.407 e. The highest BCUT2D eigenvalue weighted by Crippen LogP contribution is 2.44. The fourth-order valence-corrected chi connectivity index (χ4v) is 4.13. The second-order valence-electron chi connectivity index (χ2n) is 9.16. The van der Waals surface area contributed by atoms with Gasteiger partial charge in [0, 0.05) is 31.8 Å². The molecule has 0 unspecified atom stereocenters. The molecule has 1 aliphatic carbocycles. The van der Waals surface area contributed by atoms with Crippen molar-refractivity contribution >= 4 is 18.0 Å². The van der Waals surface area contributed by atoms with Gasteiger partial charge in [0.05, 0.1) is 0 Å². The van der Waals surface area contributed by atoms with Crippen molar-refractivity contribution in [1.29, 1.82) is 0 Å². The lowest BCUT2D eigenvalue weighted by Crippen LogP contribution is -2.33. The van der Waals surface area contributed by atoms with Crippen LogP contribution in [0.2, 0.25) is 0 Å². The number of nitrogens with one attached hydrogen (secondary N) is 2. The topological polar surface area (TPSA) is 105 Å². The van der Waals surface area contributed by atoms with E-state index in [-0.39, 0.29) is 43.2 Å². The minimum atomic E-state index is -0.813. The predicted molar refractivity (Wildman–Crippen MR) is 126 cm³/mol. The molecular formula is C26H32N2O5. The van der Waals surface area contributed by atoms with Crippen LogP contribution in [0.1, 0.15) is 56.6 Å². The first-order chi connectivity index (χ1) is 15.8. The summed E-state index contributed by atoms with van der Waals surface area (Å²) in [5.41, 5.74) is 4.48. The number of carboxylic acid groups (broad SMARTS) is 1. The molecule has 0 atom stereocenters. The van der Waals surface area contributed by atoms with Gasteiger partial charge in [-0.15, -0.1) is 0 Å². The Balaban J connectivity index is 1.37. The van der Waals surface area contributed by atoms with Crippen LogP contribution in [0.15, 0.2) is 48.5 Å². The molecular weight excluding hydrogens is 420 g/mol. The van der Waals surface area contributed by atoms with Crippen molar-refractivity contribution in [3.63, 3.8) is 0 Å². The van der Waals surface area contributed by atoms with Crippen LogP contribution in [0.4, 0.5) is 4.79 Å². The van der Waals surface area contributed by atoms with Crippen LogP contribution in [0.3, 0.4) is 0 Å². The van der Waals surface area contributed by atoms with E-state index in [0.29, 0.717) is 19.4 Å². The lowest BCUT2D eigenvalue weighted by Gasteiger charge is -2.23. The maximum atomic E-state index is 12.2. The van der Waals surface area contributed by atoms with Crippen molar-refractivity contribution in [2.24, 2.45) is 5.41 Å². The molecule has 176 valence electrons. The number of carbonyl (C=O) groups excluding carboxylic acids is 2. The lowest BCUT2D eigenvalue weighted by atomic mass is 9.84. The normalized spacial score (nSPS) is 12.5. The van der Waals surface area contributed by atoms with Crippen molar-refractivity contribution in [1.82, 2.24) is 10.6 Å². The molecule has 0 aliphatic heterocycles. The highest BCUT2D eigenvalue weighted by molar-refractivity contribution is 5.79. The molecule has 7 nitrogen and oxygen atoms in total. The highest BCUT2D eigenvalue weighted by Gasteiger charge is 2.29. The number of hydrogen-bond acceptors (Lipinski definition) is 4. The molecule has 0 aromatic heterocycles. The number of benzene rings is 2. The number of rotatable bonds is 11. The summed E-state index contributed by atoms with van der Waals surface area (Å²) in [6, 6.07) is 16.3. The van der Waals surface area contributed by atoms with E-state index in [9.17, 15) is 14.4 Å². The van der Waals surface area contributed by atoms with Gasteiger partial charge in [-0.3, -0.25) is 9.59 Å². The maximum absolute atomic E-state index is 12.2. The van der Waals surface area contributed by atoms with Gasteiger partial charge in [-0.1, -0.05) is 62.4 Å². The molecule has 0 fully saturated rings. The Morgan fingerprint density at radius 3 is 2.09 bits per heavy atom. The summed E-state index contributed by atoms with van der Waals surface area (Å²) in [6.45, 7) is 4.86. The minimum Gasteiger partial charge on any atom is -0.481 e. The first-order valence-electron chi connectivity index (χ1n) is 11.3. The lowest BCUT2D eigenvalue weighted by molar-refractivity contribution is -0.137. The number of ether oxygens (including phenoxy) is 1. The number of aliphatic carboxylic acids is 1. The molecule has 0 radical (unpaired) electrons. The molecule has 0 spiro atoms. The molecule has 0 heterocycles. The highest BCUT2D eigenvalue weighted by atomic mass is 16.5. The molecule has 2 aromatic carbocycles. The third-order valence-electron chi connectivity index (χ3n) is 6.10. The van der Waals surface area contributed by atoms with E-state index < -0.39 is 12.1 Å². The summed E-state index contributed by atoms with van der Waals surface area (Å²) in [6.07, 6.45) is 0.970. The molecule has 0 bridgehead atoms. The monoisotopic (exact) mass is 452 g/mol. The zero-order chi connectivity index (χ0) is 23.8. The molecule has 0 saturated carbocycles. The van der Waals surface area contributed by atoms with E-state index in [0.717, 1.165) is 11.1 Å². The van der Waals surface area contributed by atoms with Crippen molar-refractivity contribution in [2.75, 3.05) is 19.7 Å². The number of carboxylic acids is 1. The Morgan fingerprint density at radius 2 is 1.48 bits per heavy atom. The predicted octanol–water partition coefficient (Wildman–Crippen LogP) is 4.31. The van der Waals surface area contributed by atoms with Crippen LogP contribution in [0.25, 0.3) is 11.1 Å². The van der Waals surface area contributed by atoms with Gasteiger partial charge in [-0.25, -0.2) is 4.79 Å². The van der Waals surface area contributed by atoms with Crippen LogP contribution in [-0.2, 0) is 14.3 Å². The van der Waals surface area contributed by atoms with E-state index in [1.807, 2.05) is 38.1 Å². The van der Waals surface area contributed by atoms with Crippen molar-refractivity contribution in [2.45, 2.75) is 45.4 Å². The van der Waals surface area contributed by atoms with Gasteiger partial charge in [0.15, 0.2) is 0 Å². The quantitative estimate of drug-likeness (QED) is 0.471. The molecule has 1 aliphatic rings. The van der Waals surface area contributed by atoms with E-state index in [1.165, 1.54) is 11.1 Å². The zero-order valence-corrected chi connectivity index (χ0v) is 19.2. The third kappa shape index (κ3) is 6.81. The van der Waals surface area contributed by atoms with E-state index in [2.05, 4.69) is 34.9 Å². The number of hydrogen-bond donors (Lipinski definition) is 3. The fourth-order valence-electron chi connectivity index (χ4n) is 4.13. The largest absolute Gasteiger partial charge is 0.481 e. The average molecular weight is 453 g/mol. The van der Waals surface area contributed by atoms with Gasteiger partial charge >= 0.3 is 12.1 Å². The van der Waals surface area contributed by atoms with Gasteiger partial charge in [0.2, 0.25) is 5.91 Å². The van der Waals surface area contributed by atoms with Crippen LogP contribution in [-0.4, -0.2) is 42.8 Å². The van der Waals surface area contributed by atoms with Crippen molar-refractivity contribution in [3.8, 4) is 11.1 Å². The van der Waals surface area contributed by atoms with Gasteiger partial charge in [0.1, 0.15) is 6.61 Å². The summed E-state index contributed by atoms with van der Waals surface area (Å²) in [7, 11) is 0. The van der Waals surface area contributed by atoms with Crippen LogP contribution < -0.4 is 10.6 Å². The fraction of sp³-hybridized carbons (Fsp3) is 0.423. The molecule has 3 N–H and O–H groups in total. The summed E-state index contributed by atoms with van der Waals surface area (Å²) in [4.78, 5) is 34.9. The Labute approximate surface area is 194 Å². The van der Waals surface area contributed by atoms with E-state index in [4.69, 9.17) is 9.84 Å². The Morgan fingerprint density at radius 1 is 0.879 bits per heavy atom. The van der Waals surface area contributed by atoms with Gasteiger partial charge < -0.3 is 20.5 Å². The molecule has 33 heavy (non-hydrogen) atoms. The Hall–Kier alpha value is -3.35. The summed E-state index contributed by atoms with van der Waals surface area (Å²) >= 11 is 0. The first-order valence-corrected chi connectivity index (χ1v) is 11.3. The number of fused-ring (bicyclic) bond motifs is 3. The average Bonchev–Trinajstić information content (AvgIpc) is 3.10. The SMILES string of the molecule is CC(C)(CCNC(=O)CCNC(=O)OCC1c2ccccc2-c2ccccc21)CCC(=O)O. The third-order valence-corrected chi connectivity index (χ3v) is 6.10. The standard InChI is InChI=1S/C26H32N2O5/c1-26(2,13-11-24(30)31)14-16-27-23(29)12-15-28-25(32)33-17-22-20-9-5-3-7-18(20)19-8-4-6-10-21(19)22/h3-10,22H,11-17H2,1-2H3,(H,27,29)(H,28,32)(H,30,31). The summed E-state index contributed by atoms with van der Waals surface area (Å²) < 4.78 is 5.46. The van der Waals surface area contributed by atoms with Gasteiger partial charge in [-0.05, 0) is 40.5 Å². The minimum absolute atomic E-state index is 0.00377. The molecule has 2 aromatic rings. The molecule has 2 amide bonds. The maximum Gasteiger partial charge on any atom is 0.407 e. The second-order valence-corrected chi connectivity index (χ2v) is 9.16. The van der Waals surface area contributed by atoms with E-state index in [1.54, 1.807) is 0 Å². The number of amides is 2. The summed E-state index contributed by atoms with van der Waals surface area (Å²) in [5, 5.41) is 14.3. The first kappa shape index (κ1) is 24.3. The van der Waals surface area contributed by atoms with Crippen LogP contribution in [0, 0.1) is 5.41 Å². The Bertz CT molecular complexity index is 956. The van der Waals surface area contributed by atoms with E-state index >= 15 is 0 Å². The van der Waals surface area contributed by atoms with Crippen LogP contribution >= 0.6 is 0 Å². The van der Waals surface area contributed by atoms with Crippen molar-refractivity contribution in [3.05, 3.63) is 59.7 Å². The zero-order valence-electron chi connectivity index (χ0n) is 19.2.